The van der Waals surface area contributed by atoms with Crippen molar-refractivity contribution >= 4 is 29.2 Å². The highest BCUT2D eigenvalue weighted by Crippen LogP contribution is 2.36. The zero-order valence-electron chi connectivity index (χ0n) is 11.2. The number of hydrogen-bond acceptors (Lipinski definition) is 4. The zero-order chi connectivity index (χ0) is 17.6. The van der Waals surface area contributed by atoms with Gasteiger partial charge in [-0.05, 0) is 18.2 Å². The Balaban J connectivity index is 2.92. The van der Waals surface area contributed by atoms with Crippen LogP contribution in [0, 0.1) is 11.3 Å². The minimum atomic E-state index is -4.66. The van der Waals surface area contributed by atoms with Crippen LogP contribution in [0.4, 0.5) is 18.9 Å². The van der Waals surface area contributed by atoms with E-state index in [1.54, 1.807) is 0 Å². The minimum Gasteiger partial charge on any atom is -0.480 e. The van der Waals surface area contributed by atoms with Crippen LogP contribution in [0.2, 0.25) is 5.02 Å². The highest BCUT2D eigenvalue weighted by Gasteiger charge is 2.33. The molecule has 6 nitrogen and oxygen atoms in total. The average molecular weight is 348 g/mol. The van der Waals surface area contributed by atoms with Crippen molar-refractivity contribution in [1.29, 1.82) is 5.26 Å². The third-order valence-corrected chi connectivity index (χ3v) is 2.75. The van der Waals surface area contributed by atoms with E-state index in [2.05, 4.69) is 5.32 Å². The molecular weight excluding hydrogens is 339 g/mol. The number of hydrogen-bond donors (Lipinski definition) is 3. The summed E-state index contributed by atoms with van der Waals surface area (Å²) in [6, 6.07) is 4.44. The van der Waals surface area contributed by atoms with Crippen molar-refractivity contribution in [3.8, 4) is 6.07 Å². The lowest BCUT2D eigenvalue weighted by atomic mass is 10.2. The Morgan fingerprint density at radius 3 is 2.57 bits per heavy atom. The fourth-order valence-corrected chi connectivity index (χ4v) is 1.61. The molecule has 0 spiro atoms. The molecule has 1 aromatic carbocycles. The van der Waals surface area contributed by atoms with Gasteiger partial charge in [-0.1, -0.05) is 11.6 Å². The van der Waals surface area contributed by atoms with Crippen molar-refractivity contribution in [2.24, 2.45) is 0 Å². The SMILES string of the molecule is N#C/C(=C/Nc1ccc(Cl)c(C(F)(F)F)c1)C(=O)NCC(=O)O. The van der Waals surface area contributed by atoms with Gasteiger partial charge < -0.3 is 15.7 Å². The number of carbonyl (C=O) groups is 2. The topological polar surface area (TPSA) is 102 Å². The second-order valence-electron chi connectivity index (χ2n) is 4.08. The zero-order valence-corrected chi connectivity index (χ0v) is 12.0. The molecule has 1 amide bonds. The predicted octanol–water partition coefficient (Wildman–Crippen LogP) is 2.38. The molecule has 0 heterocycles. The van der Waals surface area contributed by atoms with Gasteiger partial charge in [0.1, 0.15) is 18.2 Å². The van der Waals surface area contributed by atoms with Gasteiger partial charge >= 0.3 is 12.1 Å². The van der Waals surface area contributed by atoms with E-state index in [1.165, 1.54) is 12.1 Å². The van der Waals surface area contributed by atoms with Crippen LogP contribution in [0.3, 0.4) is 0 Å². The molecule has 0 unspecified atom stereocenters. The van der Waals surface area contributed by atoms with Gasteiger partial charge in [0.25, 0.3) is 5.91 Å². The molecule has 0 aliphatic rings. The summed E-state index contributed by atoms with van der Waals surface area (Å²) in [4.78, 5) is 21.8. The van der Waals surface area contributed by atoms with Gasteiger partial charge in [-0.25, -0.2) is 0 Å². The number of anilines is 1. The van der Waals surface area contributed by atoms with Gasteiger partial charge in [-0.2, -0.15) is 18.4 Å². The molecule has 3 N–H and O–H groups in total. The van der Waals surface area contributed by atoms with E-state index in [0.717, 1.165) is 12.3 Å². The summed E-state index contributed by atoms with van der Waals surface area (Å²) >= 11 is 5.46. The summed E-state index contributed by atoms with van der Waals surface area (Å²) in [7, 11) is 0. The number of aliphatic carboxylic acids is 1. The standard InChI is InChI=1S/C13H9ClF3N3O3/c14-10-2-1-8(3-9(10)13(15,16)17)19-5-7(4-18)12(23)20-6-11(21)22/h1-3,5,19H,6H2,(H,20,23)(H,21,22)/b7-5-. The molecule has 0 radical (unpaired) electrons. The lowest BCUT2D eigenvalue weighted by Crippen LogP contribution is -2.30. The number of carboxylic acids is 1. The molecule has 0 aromatic heterocycles. The third-order valence-electron chi connectivity index (χ3n) is 2.42. The van der Waals surface area contributed by atoms with Crippen LogP contribution in [-0.4, -0.2) is 23.5 Å². The number of benzene rings is 1. The first kappa shape index (κ1) is 18.3. The molecule has 0 bridgehead atoms. The van der Waals surface area contributed by atoms with Crippen LogP contribution >= 0.6 is 11.6 Å². The number of alkyl halides is 3. The van der Waals surface area contributed by atoms with Gasteiger partial charge in [-0.15, -0.1) is 0 Å². The van der Waals surface area contributed by atoms with E-state index >= 15 is 0 Å². The molecule has 122 valence electrons. The highest BCUT2D eigenvalue weighted by atomic mass is 35.5. The number of carbonyl (C=O) groups excluding carboxylic acids is 1. The number of nitriles is 1. The molecule has 23 heavy (non-hydrogen) atoms. The summed E-state index contributed by atoms with van der Waals surface area (Å²) in [5.74, 6) is -2.29. The molecule has 0 saturated heterocycles. The minimum absolute atomic E-state index is 0.0551. The monoisotopic (exact) mass is 347 g/mol. The fraction of sp³-hybridized carbons (Fsp3) is 0.154. The van der Waals surface area contributed by atoms with Crippen LogP contribution in [0.15, 0.2) is 30.0 Å². The van der Waals surface area contributed by atoms with Crippen molar-refractivity contribution in [3.63, 3.8) is 0 Å². The molecular formula is C13H9ClF3N3O3. The van der Waals surface area contributed by atoms with Crippen LogP contribution in [0.1, 0.15) is 5.56 Å². The smallest absolute Gasteiger partial charge is 0.417 e. The average Bonchev–Trinajstić information content (AvgIpc) is 2.46. The summed E-state index contributed by atoms with van der Waals surface area (Å²) in [6.45, 7) is -0.697. The number of rotatable bonds is 5. The number of nitrogens with zero attached hydrogens (tertiary/aromatic N) is 1. The summed E-state index contributed by atoms with van der Waals surface area (Å²) in [6.07, 6.45) is -3.80. The van der Waals surface area contributed by atoms with Gasteiger partial charge in [0, 0.05) is 11.9 Å². The Morgan fingerprint density at radius 2 is 2.04 bits per heavy atom. The van der Waals surface area contributed by atoms with Gasteiger partial charge in [0.15, 0.2) is 0 Å². The normalized spacial score (nSPS) is 11.5. The Kier molecular flexibility index (Phi) is 5.98. The first-order chi connectivity index (χ1) is 10.6. The second-order valence-corrected chi connectivity index (χ2v) is 4.49. The number of carboxylic acid groups (broad SMARTS) is 1. The van der Waals surface area contributed by atoms with E-state index < -0.39 is 40.8 Å². The first-order valence-corrected chi connectivity index (χ1v) is 6.26. The molecule has 0 saturated carbocycles. The van der Waals surface area contributed by atoms with E-state index in [-0.39, 0.29) is 5.69 Å². The summed E-state index contributed by atoms with van der Waals surface area (Å²) < 4.78 is 38.1. The molecule has 1 rings (SSSR count). The summed E-state index contributed by atoms with van der Waals surface area (Å²) in [5, 5.41) is 21.0. The van der Waals surface area contributed by atoms with Gasteiger partial charge in [0.2, 0.25) is 0 Å². The van der Waals surface area contributed by atoms with Crippen molar-refractivity contribution in [2.75, 3.05) is 11.9 Å². The maximum absolute atomic E-state index is 12.7. The quantitative estimate of drug-likeness (QED) is 0.560. The van der Waals surface area contributed by atoms with Crippen LogP contribution in [0.5, 0.6) is 0 Å². The lowest BCUT2D eigenvalue weighted by Gasteiger charge is -2.11. The fourth-order valence-electron chi connectivity index (χ4n) is 1.39. The van der Waals surface area contributed by atoms with Gasteiger partial charge in [0.05, 0.1) is 10.6 Å². The van der Waals surface area contributed by atoms with E-state index in [0.29, 0.717) is 6.07 Å². The Bertz CT molecular complexity index is 696. The Labute approximate surface area is 133 Å². The maximum atomic E-state index is 12.7. The molecule has 10 heteroatoms. The van der Waals surface area contributed by atoms with Gasteiger partial charge in [-0.3, -0.25) is 9.59 Å². The maximum Gasteiger partial charge on any atom is 0.417 e. The predicted molar refractivity (Wildman–Crippen MR) is 74.4 cm³/mol. The Hall–Kier alpha value is -2.73. The number of amides is 1. The third kappa shape index (κ3) is 5.52. The van der Waals surface area contributed by atoms with Crippen molar-refractivity contribution in [3.05, 3.63) is 40.6 Å². The second kappa shape index (κ2) is 7.51. The molecule has 1 aromatic rings. The summed E-state index contributed by atoms with van der Waals surface area (Å²) in [5.41, 5.74) is -1.64. The lowest BCUT2D eigenvalue weighted by molar-refractivity contribution is -0.138. The Morgan fingerprint density at radius 1 is 1.39 bits per heavy atom. The number of nitrogens with one attached hydrogen (secondary N) is 2. The molecule has 0 aliphatic carbocycles. The largest absolute Gasteiger partial charge is 0.480 e. The van der Waals surface area contributed by atoms with E-state index in [1.807, 2.05) is 5.32 Å². The van der Waals surface area contributed by atoms with E-state index in [9.17, 15) is 22.8 Å². The molecule has 0 fully saturated rings. The molecule has 0 atom stereocenters. The number of halogens is 4. The van der Waals surface area contributed by atoms with Crippen molar-refractivity contribution in [2.45, 2.75) is 6.18 Å². The van der Waals surface area contributed by atoms with Crippen molar-refractivity contribution in [1.82, 2.24) is 5.32 Å². The first-order valence-electron chi connectivity index (χ1n) is 5.88. The van der Waals surface area contributed by atoms with Crippen molar-refractivity contribution < 1.29 is 27.9 Å². The van der Waals surface area contributed by atoms with Crippen LogP contribution in [-0.2, 0) is 15.8 Å². The van der Waals surface area contributed by atoms with E-state index in [4.69, 9.17) is 22.0 Å². The highest BCUT2D eigenvalue weighted by molar-refractivity contribution is 6.31. The van der Waals surface area contributed by atoms with Crippen LogP contribution in [0.25, 0.3) is 0 Å². The molecule has 0 aliphatic heterocycles. The van der Waals surface area contributed by atoms with Crippen LogP contribution < -0.4 is 10.6 Å².